The Hall–Kier alpha value is -5.17. The number of anilines is 1. The van der Waals surface area contributed by atoms with Crippen LogP contribution < -0.4 is 16.5 Å². The van der Waals surface area contributed by atoms with Crippen LogP contribution in [-0.2, 0) is 0 Å². The Bertz CT molecular complexity index is 2150. The summed E-state index contributed by atoms with van der Waals surface area (Å²) in [7, 11) is 0. The molecule has 0 saturated carbocycles. The number of carbonyl (C=O) groups is 1. The molecular formula is C28H23FN6O6. The van der Waals surface area contributed by atoms with E-state index < -0.39 is 22.1 Å². The molecule has 41 heavy (non-hydrogen) atoms. The molecule has 7 rings (SSSR count). The van der Waals surface area contributed by atoms with Crippen LogP contribution in [-0.4, -0.2) is 51.3 Å². The Morgan fingerprint density at radius 3 is 2.63 bits per heavy atom. The number of benzene rings is 3. The number of hydrogen-bond acceptors (Lipinski definition) is 8. The number of halogens is 1. The van der Waals surface area contributed by atoms with Gasteiger partial charge in [0.05, 0.1) is 32.9 Å². The molecule has 3 aromatic carbocycles. The zero-order valence-electron chi connectivity index (χ0n) is 21.5. The second-order valence-corrected chi connectivity index (χ2v) is 10.1. The molecule has 0 atom stereocenters. The highest BCUT2D eigenvalue weighted by Crippen LogP contribution is 2.35. The third-order valence-corrected chi connectivity index (χ3v) is 7.59. The first-order valence-electron chi connectivity index (χ1n) is 13.1. The third-order valence-electron chi connectivity index (χ3n) is 7.59. The van der Waals surface area contributed by atoms with Gasteiger partial charge in [-0.2, -0.15) is 0 Å². The topological polar surface area (TPSA) is 165 Å². The van der Waals surface area contributed by atoms with Crippen molar-refractivity contribution < 1.29 is 22.9 Å². The van der Waals surface area contributed by atoms with Gasteiger partial charge in [-0.1, -0.05) is 0 Å². The molecular weight excluding hydrogens is 535 g/mol. The van der Waals surface area contributed by atoms with Crippen LogP contribution in [0.25, 0.3) is 49.8 Å². The molecule has 4 heterocycles. The zero-order chi connectivity index (χ0) is 28.4. The highest BCUT2D eigenvalue weighted by Gasteiger charge is 2.23. The lowest BCUT2D eigenvalue weighted by Crippen LogP contribution is -2.26. The molecule has 0 spiro atoms. The minimum Gasteiger partial charge on any atom is -0.453 e. The summed E-state index contributed by atoms with van der Waals surface area (Å²) in [4.78, 5) is 41.6. The summed E-state index contributed by atoms with van der Waals surface area (Å²) in [5.74, 6) is -1.65. The maximum absolute atomic E-state index is 15.5. The van der Waals surface area contributed by atoms with Crippen molar-refractivity contribution in [3.63, 3.8) is 0 Å². The number of primary amides is 1. The fourth-order valence-electron chi connectivity index (χ4n) is 5.59. The number of nitro groups is 1. The lowest BCUT2D eigenvalue weighted by atomic mass is 10.1. The molecule has 6 aromatic rings. The second-order valence-electron chi connectivity index (χ2n) is 10.1. The van der Waals surface area contributed by atoms with E-state index in [4.69, 9.17) is 14.6 Å². The number of nitrogens with two attached hydrogens (primary N) is 1. The van der Waals surface area contributed by atoms with Crippen LogP contribution in [0.4, 0.5) is 15.8 Å². The molecule has 0 aliphatic carbocycles. The van der Waals surface area contributed by atoms with Crippen molar-refractivity contribution in [3.05, 3.63) is 74.3 Å². The lowest BCUT2D eigenvalue weighted by Gasteiger charge is -2.18. The Kier molecular flexibility index (Phi) is 5.57. The van der Waals surface area contributed by atoms with Crippen LogP contribution in [0.15, 0.2) is 56.2 Å². The molecule has 1 saturated heterocycles. The number of amides is 1. The Morgan fingerprint density at radius 2 is 1.88 bits per heavy atom. The number of rotatable bonds is 6. The van der Waals surface area contributed by atoms with E-state index in [1.165, 1.54) is 24.4 Å². The van der Waals surface area contributed by atoms with Crippen LogP contribution >= 0.6 is 0 Å². The fourth-order valence-corrected chi connectivity index (χ4v) is 5.59. The van der Waals surface area contributed by atoms with Crippen LogP contribution in [0, 0.1) is 15.9 Å². The number of fused-ring (bicyclic) bond motifs is 4. The van der Waals surface area contributed by atoms with E-state index in [0.717, 1.165) is 32.0 Å². The number of H-pyrrole nitrogens is 1. The predicted octanol–water partition coefficient (Wildman–Crippen LogP) is 4.64. The maximum Gasteiger partial charge on any atom is 0.273 e. The number of nitrogens with one attached hydrogen (secondary N) is 2. The smallest absolute Gasteiger partial charge is 0.273 e. The standard InChI is InChI=1S/C28H23FN6O6/c29-17-10-15-25-27(24(17)31-5-8-33-6-1-2-7-33)41-23-11-19-22(12-20(23)34(25)13-16(26(15)36)28(30)37)40-21-9-14(35(38)39)3-4-18(21)32-19/h3-4,9-13,31-32H,1-2,5-8H2,(H2,30,37). The lowest BCUT2D eigenvalue weighted by molar-refractivity contribution is -0.384. The van der Waals surface area contributed by atoms with E-state index >= 15 is 4.39 Å². The van der Waals surface area contributed by atoms with Crippen molar-refractivity contribution >= 4 is 67.1 Å². The summed E-state index contributed by atoms with van der Waals surface area (Å²) >= 11 is 0. The molecule has 1 aliphatic heterocycles. The molecule has 208 valence electrons. The number of nitro benzene ring substituents is 1. The van der Waals surface area contributed by atoms with Crippen molar-refractivity contribution in [2.24, 2.45) is 5.73 Å². The molecule has 4 N–H and O–H groups in total. The molecule has 3 aromatic heterocycles. The number of aromatic amines is 1. The number of non-ortho nitro benzene ring substituents is 1. The van der Waals surface area contributed by atoms with Gasteiger partial charge in [-0.25, -0.2) is 4.39 Å². The summed E-state index contributed by atoms with van der Waals surface area (Å²) in [5, 5.41) is 14.3. The zero-order valence-corrected chi connectivity index (χ0v) is 21.5. The van der Waals surface area contributed by atoms with E-state index in [1.54, 1.807) is 16.5 Å². The number of carbonyl (C=O) groups excluding carboxylic acids is 1. The van der Waals surface area contributed by atoms with Crippen molar-refractivity contribution in [3.8, 4) is 0 Å². The quantitative estimate of drug-likeness (QED) is 0.115. The average molecular weight is 559 g/mol. The van der Waals surface area contributed by atoms with Crippen LogP contribution in [0.2, 0.25) is 0 Å². The highest BCUT2D eigenvalue weighted by molar-refractivity contribution is 6.06. The molecule has 0 bridgehead atoms. The van der Waals surface area contributed by atoms with Gasteiger partial charge in [-0.15, -0.1) is 0 Å². The number of pyridine rings is 1. The number of hydrogen-bond donors (Lipinski definition) is 3. The SMILES string of the molecule is NC(=O)c1cn2c3cc4oc5cc([N+](=O)[O-])ccc5[nH]c4cc3oc3c(NCCN4CCCC4)c(F)cc(c1=O)c32. The van der Waals surface area contributed by atoms with Crippen LogP contribution in [0.3, 0.4) is 0 Å². The number of aromatic nitrogens is 2. The van der Waals surface area contributed by atoms with Crippen LogP contribution in [0.1, 0.15) is 23.2 Å². The minimum absolute atomic E-state index is 0.0673. The number of likely N-dealkylation sites (tertiary alicyclic amines) is 1. The van der Waals surface area contributed by atoms with Crippen molar-refractivity contribution in [2.45, 2.75) is 12.8 Å². The van der Waals surface area contributed by atoms with Gasteiger partial charge in [0.25, 0.3) is 11.6 Å². The van der Waals surface area contributed by atoms with Gasteiger partial charge in [0.2, 0.25) is 5.43 Å². The maximum atomic E-state index is 15.5. The molecule has 1 amide bonds. The molecule has 1 fully saturated rings. The summed E-state index contributed by atoms with van der Waals surface area (Å²) in [6, 6.07) is 8.54. The summed E-state index contributed by atoms with van der Waals surface area (Å²) in [6.45, 7) is 3.15. The first kappa shape index (κ1) is 24.8. The van der Waals surface area contributed by atoms with Gasteiger partial charge < -0.3 is 34.2 Å². The Labute approximate surface area is 228 Å². The second kappa shape index (κ2) is 9.20. The van der Waals surface area contributed by atoms with E-state index in [9.17, 15) is 19.7 Å². The van der Waals surface area contributed by atoms with E-state index in [0.29, 0.717) is 40.8 Å². The first-order valence-corrected chi connectivity index (χ1v) is 13.1. The minimum atomic E-state index is -0.958. The van der Waals surface area contributed by atoms with Gasteiger partial charge in [0.1, 0.15) is 16.8 Å². The van der Waals surface area contributed by atoms with Gasteiger partial charge in [0.15, 0.2) is 28.1 Å². The normalized spacial score (nSPS) is 14.2. The van der Waals surface area contributed by atoms with Crippen molar-refractivity contribution in [2.75, 3.05) is 31.5 Å². The Balaban J connectivity index is 1.50. The van der Waals surface area contributed by atoms with E-state index in [1.807, 2.05) is 0 Å². The highest BCUT2D eigenvalue weighted by atomic mass is 19.1. The number of nitrogens with zero attached hydrogens (tertiary/aromatic N) is 3. The van der Waals surface area contributed by atoms with E-state index in [-0.39, 0.29) is 39.0 Å². The molecule has 0 radical (unpaired) electrons. The first-order chi connectivity index (χ1) is 19.8. The summed E-state index contributed by atoms with van der Waals surface area (Å²) < 4.78 is 29.4. The summed E-state index contributed by atoms with van der Waals surface area (Å²) in [5.41, 5.74) is 7.10. The predicted molar refractivity (Wildman–Crippen MR) is 151 cm³/mol. The summed E-state index contributed by atoms with van der Waals surface area (Å²) in [6.07, 6.45) is 3.58. The largest absolute Gasteiger partial charge is 0.453 e. The van der Waals surface area contributed by atoms with Crippen molar-refractivity contribution in [1.82, 2.24) is 14.3 Å². The van der Waals surface area contributed by atoms with Crippen molar-refractivity contribution in [1.29, 1.82) is 0 Å². The van der Waals surface area contributed by atoms with E-state index in [2.05, 4.69) is 15.2 Å². The average Bonchev–Trinajstić information content (AvgIpc) is 3.46. The van der Waals surface area contributed by atoms with Gasteiger partial charge in [-0.05, 0) is 38.1 Å². The fraction of sp³-hybridized carbons (Fsp3) is 0.214. The Morgan fingerprint density at radius 1 is 1.10 bits per heavy atom. The molecule has 0 unspecified atom stereocenters. The monoisotopic (exact) mass is 558 g/mol. The van der Waals surface area contributed by atoms with Gasteiger partial charge >= 0.3 is 0 Å². The van der Waals surface area contributed by atoms with Gasteiger partial charge in [-0.3, -0.25) is 19.7 Å². The third kappa shape index (κ3) is 4.00. The van der Waals surface area contributed by atoms with Crippen LogP contribution in [0.5, 0.6) is 0 Å². The molecule has 1 aliphatic rings. The van der Waals surface area contributed by atoms with Gasteiger partial charge in [0, 0.05) is 37.5 Å². The molecule has 12 nitrogen and oxygen atoms in total. The molecule has 13 heteroatoms.